The first-order chi connectivity index (χ1) is 6.79. The molecule has 0 unspecified atom stereocenters. The molecule has 0 atom stereocenters. The van der Waals surface area contributed by atoms with Crippen LogP contribution in [0.5, 0.6) is 0 Å². The van der Waals surface area contributed by atoms with E-state index < -0.39 is 0 Å². The van der Waals surface area contributed by atoms with Crippen LogP contribution in [0.15, 0.2) is 18.2 Å². The van der Waals surface area contributed by atoms with Crippen LogP contribution in [0.2, 0.25) is 0 Å². The Bertz CT molecular complexity index is 326. The van der Waals surface area contributed by atoms with Gasteiger partial charge in [0, 0.05) is 0 Å². The molecule has 1 radical (unpaired) electrons. The molecule has 0 amide bonds. The highest BCUT2D eigenvalue weighted by molar-refractivity contribution is 5.35. The fraction of sp³-hybridized carbons (Fsp3) is 0.533. The van der Waals surface area contributed by atoms with Crippen molar-refractivity contribution in [3.05, 3.63) is 41.8 Å². The summed E-state index contributed by atoms with van der Waals surface area (Å²) in [6, 6.07) is 6.73. The quantitative estimate of drug-likeness (QED) is 0.669. The fourth-order valence-electron chi connectivity index (χ4n) is 1.78. The van der Waals surface area contributed by atoms with Gasteiger partial charge in [-0.05, 0) is 41.4 Å². The minimum absolute atomic E-state index is 0.222. The highest BCUT2D eigenvalue weighted by Crippen LogP contribution is 2.25. The number of hydrogen-bond acceptors (Lipinski definition) is 0. The summed E-state index contributed by atoms with van der Waals surface area (Å²) in [5.41, 5.74) is 4.17. The van der Waals surface area contributed by atoms with E-state index in [0.29, 0.717) is 5.92 Å². The number of benzene rings is 1. The summed E-state index contributed by atoms with van der Waals surface area (Å²) in [6.45, 7) is 15.3. The summed E-state index contributed by atoms with van der Waals surface area (Å²) in [4.78, 5) is 0. The Balaban J connectivity index is 3.06. The summed E-state index contributed by atoms with van der Waals surface area (Å²) in [5.74, 6) is 0.708. The molecular weight excluding hydrogens is 180 g/mol. The predicted octanol–water partition coefficient (Wildman–Crippen LogP) is 4.36. The second-order valence-corrected chi connectivity index (χ2v) is 5.89. The van der Waals surface area contributed by atoms with Crippen molar-refractivity contribution in [1.29, 1.82) is 0 Å². The molecule has 0 bridgehead atoms. The maximum Gasteiger partial charge on any atom is -0.0132 e. The van der Waals surface area contributed by atoms with Crippen LogP contribution in [-0.2, 0) is 11.8 Å². The van der Waals surface area contributed by atoms with Gasteiger partial charge in [0.1, 0.15) is 0 Å². The first kappa shape index (κ1) is 12.3. The normalized spacial score (nSPS) is 12.2. The average Bonchev–Trinajstić information content (AvgIpc) is 1.99. The second-order valence-electron chi connectivity index (χ2n) is 5.89. The van der Waals surface area contributed by atoms with Crippen molar-refractivity contribution in [3.8, 4) is 0 Å². The lowest BCUT2D eigenvalue weighted by Crippen LogP contribution is -2.12. The predicted molar refractivity (Wildman–Crippen MR) is 68.1 cm³/mol. The van der Waals surface area contributed by atoms with Crippen molar-refractivity contribution < 1.29 is 0 Å². The van der Waals surface area contributed by atoms with E-state index >= 15 is 0 Å². The molecule has 0 nitrogen and oxygen atoms in total. The molecule has 0 heterocycles. The van der Waals surface area contributed by atoms with Crippen LogP contribution in [0, 0.1) is 12.8 Å². The molecule has 0 N–H and O–H groups in total. The van der Waals surface area contributed by atoms with Crippen LogP contribution in [0.1, 0.15) is 51.3 Å². The van der Waals surface area contributed by atoms with Gasteiger partial charge in [0.05, 0.1) is 0 Å². The van der Waals surface area contributed by atoms with Gasteiger partial charge in [-0.15, -0.1) is 0 Å². The second kappa shape index (κ2) is 4.38. The molecule has 0 saturated heterocycles. The standard InChI is InChI=1S/C15H23/c1-11(2)7-13-8-12(3)9-14(10-13)15(4,5)6/h8-11H,3,7H2,1-2,4-6H3. The van der Waals surface area contributed by atoms with Crippen molar-refractivity contribution >= 4 is 0 Å². The van der Waals surface area contributed by atoms with E-state index in [2.05, 4.69) is 59.7 Å². The molecule has 0 fully saturated rings. The SMILES string of the molecule is [CH2]c1cc(CC(C)C)cc(C(C)(C)C)c1. The Morgan fingerprint density at radius 2 is 1.73 bits per heavy atom. The van der Waals surface area contributed by atoms with Crippen molar-refractivity contribution in [3.63, 3.8) is 0 Å². The van der Waals surface area contributed by atoms with Gasteiger partial charge in [0.25, 0.3) is 0 Å². The van der Waals surface area contributed by atoms with E-state index in [9.17, 15) is 0 Å². The highest BCUT2D eigenvalue weighted by Gasteiger charge is 2.14. The van der Waals surface area contributed by atoms with E-state index in [0.717, 1.165) is 12.0 Å². The third-order valence-corrected chi connectivity index (χ3v) is 2.56. The molecule has 0 aliphatic rings. The molecule has 1 aromatic rings. The number of hydrogen-bond donors (Lipinski definition) is 0. The molecule has 1 rings (SSSR count). The van der Waals surface area contributed by atoms with Gasteiger partial charge in [-0.3, -0.25) is 0 Å². The van der Waals surface area contributed by atoms with Crippen LogP contribution in [0.25, 0.3) is 0 Å². The first-order valence-corrected chi connectivity index (χ1v) is 5.75. The minimum atomic E-state index is 0.222. The van der Waals surface area contributed by atoms with Crippen molar-refractivity contribution in [2.24, 2.45) is 5.92 Å². The number of rotatable bonds is 2. The fourth-order valence-corrected chi connectivity index (χ4v) is 1.78. The molecule has 0 aliphatic heterocycles. The topological polar surface area (TPSA) is 0 Å². The van der Waals surface area contributed by atoms with Gasteiger partial charge >= 0.3 is 0 Å². The lowest BCUT2D eigenvalue weighted by molar-refractivity contribution is 0.585. The zero-order valence-electron chi connectivity index (χ0n) is 10.7. The third kappa shape index (κ3) is 3.70. The summed E-state index contributed by atoms with van der Waals surface area (Å²) < 4.78 is 0. The van der Waals surface area contributed by atoms with E-state index in [4.69, 9.17) is 0 Å². The maximum atomic E-state index is 4.06. The summed E-state index contributed by atoms with van der Waals surface area (Å²) in [6.07, 6.45) is 1.15. The Hall–Kier alpha value is -0.780. The van der Waals surface area contributed by atoms with Gasteiger partial charge in [-0.2, -0.15) is 0 Å². The van der Waals surface area contributed by atoms with E-state index in [1.807, 2.05) is 0 Å². The van der Waals surface area contributed by atoms with Crippen LogP contribution < -0.4 is 0 Å². The van der Waals surface area contributed by atoms with Crippen molar-refractivity contribution in [2.75, 3.05) is 0 Å². The molecule has 0 aliphatic carbocycles. The summed E-state index contributed by atoms with van der Waals surface area (Å²) in [7, 11) is 0. The third-order valence-electron chi connectivity index (χ3n) is 2.56. The highest BCUT2D eigenvalue weighted by atomic mass is 14.2. The maximum absolute atomic E-state index is 4.06. The van der Waals surface area contributed by atoms with Crippen LogP contribution in [0.4, 0.5) is 0 Å². The lowest BCUT2D eigenvalue weighted by atomic mass is 9.84. The Kier molecular flexibility index (Phi) is 3.59. The molecule has 15 heavy (non-hydrogen) atoms. The van der Waals surface area contributed by atoms with Crippen LogP contribution in [-0.4, -0.2) is 0 Å². The smallest absolute Gasteiger partial charge is 0.0132 e. The molecular formula is C15H23. The monoisotopic (exact) mass is 203 g/mol. The Morgan fingerprint density at radius 3 is 2.20 bits per heavy atom. The zero-order chi connectivity index (χ0) is 11.6. The molecule has 0 heteroatoms. The van der Waals surface area contributed by atoms with Gasteiger partial charge < -0.3 is 0 Å². The molecule has 0 aromatic heterocycles. The van der Waals surface area contributed by atoms with E-state index in [-0.39, 0.29) is 5.41 Å². The van der Waals surface area contributed by atoms with Crippen LogP contribution >= 0.6 is 0 Å². The molecule has 0 saturated carbocycles. The summed E-state index contributed by atoms with van der Waals surface area (Å²) in [5, 5.41) is 0. The van der Waals surface area contributed by atoms with Gasteiger partial charge in [-0.25, -0.2) is 0 Å². The largest absolute Gasteiger partial charge is 0.0625 e. The minimum Gasteiger partial charge on any atom is -0.0625 e. The summed E-state index contributed by atoms with van der Waals surface area (Å²) >= 11 is 0. The van der Waals surface area contributed by atoms with Gasteiger partial charge in [-0.1, -0.05) is 52.8 Å². The van der Waals surface area contributed by atoms with E-state index in [1.165, 1.54) is 11.1 Å². The molecule has 83 valence electrons. The van der Waals surface area contributed by atoms with Crippen molar-refractivity contribution in [2.45, 2.75) is 46.5 Å². The van der Waals surface area contributed by atoms with Crippen molar-refractivity contribution in [1.82, 2.24) is 0 Å². The van der Waals surface area contributed by atoms with Gasteiger partial charge in [0.2, 0.25) is 0 Å². The average molecular weight is 203 g/mol. The zero-order valence-corrected chi connectivity index (χ0v) is 10.7. The van der Waals surface area contributed by atoms with Gasteiger partial charge in [0.15, 0.2) is 0 Å². The Labute approximate surface area is 94.7 Å². The van der Waals surface area contributed by atoms with E-state index in [1.54, 1.807) is 0 Å². The first-order valence-electron chi connectivity index (χ1n) is 5.75. The Morgan fingerprint density at radius 1 is 1.13 bits per heavy atom. The van der Waals surface area contributed by atoms with Crippen LogP contribution in [0.3, 0.4) is 0 Å². The lowest BCUT2D eigenvalue weighted by Gasteiger charge is -2.21. The molecule has 1 aromatic carbocycles. The molecule has 0 spiro atoms.